The van der Waals surface area contributed by atoms with Gasteiger partial charge in [-0.25, -0.2) is 4.98 Å². The lowest BCUT2D eigenvalue weighted by atomic mass is 10.1. The lowest BCUT2D eigenvalue weighted by Gasteiger charge is -2.14. The Morgan fingerprint density at radius 2 is 1.97 bits per heavy atom. The fraction of sp³-hybridized carbons (Fsp3) is 0.348. The van der Waals surface area contributed by atoms with Gasteiger partial charge in [-0.3, -0.25) is 14.2 Å². The van der Waals surface area contributed by atoms with Gasteiger partial charge in [0.2, 0.25) is 5.91 Å². The highest BCUT2D eigenvalue weighted by Gasteiger charge is 2.15. The first-order valence-corrected chi connectivity index (χ1v) is 11.7. The van der Waals surface area contributed by atoms with Crippen molar-refractivity contribution in [3.05, 3.63) is 57.3 Å². The molecule has 0 saturated heterocycles. The molecule has 0 radical (unpaired) electrons. The zero-order chi connectivity index (χ0) is 24.0. The zero-order valence-electron chi connectivity index (χ0n) is 18.6. The van der Waals surface area contributed by atoms with Gasteiger partial charge in [-0.1, -0.05) is 29.4 Å². The molecule has 1 heterocycles. The number of carbonyl (C=O) groups is 1. The molecule has 0 unspecified atom stereocenters. The minimum absolute atomic E-state index is 0.0737. The van der Waals surface area contributed by atoms with E-state index in [-0.39, 0.29) is 23.8 Å². The number of aromatic nitrogens is 2. The van der Waals surface area contributed by atoms with E-state index < -0.39 is 6.10 Å². The predicted molar refractivity (Wildman–Crippen MR) is 130 cm³/mol. The van der Waals surface area contributed by atoms with Crippen LogP contribution in [0, 0.1) is 0 Å². The first-order chi connectivity index (χ1) is 15.8. The Labute approximate surface area is 200 Å². The maximum absolute atomic E-state index is 12.9. The summed E-state index contributed by atoms with van der Waals surface area (Å²) in [6, 6.07) is 10.5. The number of nitrogens with zero attached hydrogens (tertiary/aromatic N) is 2. The number of nitrogens with one attached hydrogen (secondary N) is 1. The summed E-state index contributed by atoms with van der Waals surface area (Å²) in [5, 5.41) is 13.9. The van der Waals surface area contributed by atoms with Crippen molar-refractivity contribution in [1.82, 2.24) is 14.9 Å². The SMILES string of the molecule is COc1ccc(CCNC(=O)CSc2nc3cc(Cl)ccc3c(=O)n2C[C@H](C)O)cc1OC. The monoisotopic (exact) mass is 491 g/mol. The Morgan fingerprint density at radius 3 is 2.67 bits per heavy atom. The number of benzene rings is 2. The lowest BCUT2D eigenvalue weighted by molar-refractivity contribution is -0.118. The molecule has 0 aliphatic heterocycles. The van der Waals surface area contributed by atoms with E-state index in [9.17, 15) is 14.7 Å². The quantitative estimate of drug-likeness (QED) is 0.332. The molecule has 0 aliphatic rings. The molecule has 176 valence electrons. The molecule has 2 N–H and O–H groups in total. The molecular formula is C23H26ClN3O5S. The van der Waals surface area contributed by atoms with Gasteiger partial charge in [-0.2, -0.15) is 0 Å². The van der Waals surface area contributed by atoms with Gasteiger partial charge in [0.1, 0.15) is 0 Å². The Hall–Kier alpha value is -2.75. The molecule has 8 nitrogen and oxygen atoms in total. The van der Waals surface area contributed by atoms with E-state index in [1.807, 2.05) is 18.2 Å². The van der Waals surface area contributed by atoms with Crippen LogP contribution in [-0.4, -0.2) is 53.2 Å². The summed E-state index contributed by atoms with van der Waals surface area (Å²) in [6.45, 7) is 2.11. The van der Waals surface area contributed by atoms with E-state index in [0.717, 1.165) is 17.3 Å². The van der Waals surface area contributed by atoms with Gasteiger partial charge in [-0.15, -0.1) is 0 Å². The van der Waals surface area contributed by atoms with Crippen LogP contribution >= 0.6 is 23.4 Å². The van der Waals surface area contributed by atoms with Crippen LogP contribution in [0.3, 0.4) is 0 Å². The second-order valence-corrected chi connectivity index (χ2v) is 8.78. The molecule has 2 aromatic carbocycles. The van der Waals surface area contributed by atoms with Gasteiger partial charge >= 0.3 is 0 Å². The average Bonchev–Trinajstić information content (AvgIpc) is 2.79. The number of methoxy groups -OCH3 is 2. The molecule has 1 atom stereocenters. The molecule has 0 bridgehead atoms. The number of hydrogen-bond acceptors (Lipinski definition) is 7. The van der Waals surface area contributed by atoms with E-state index in [4.69, 9.17) is 21.1 Å². The Bertz CT molecular complexity index is 1200. The van der Waals surface area contributed by atoms with Crippen LogP contribution in [-0.2, 0) is 17.8 Å². The molecule has 0 aliphatic carbocycles. The number of hydrogen-bond donors (Lipinski definition) is 2. The molecular weight excluding hydrogens is 466 g/mol. The average molecular weight is 492 g/mol. The molecule has 33 heavy (non-hydrogen) atoms. The minimum atomic E-state index is -0.746. The molecule has 3 aromatic rings. The lowest BCUT2D eigenvalue weighted by Crippen LogP contribution is -2.30. The van der Waals surface area contributed by atoms with Crippen LogP contribution in [0.15, 0.2) is 46.3 Å². The summed E-state index contributed by atoms with van der Waals surface area (Å²) >= 11 is 7.18. The number of aliphatic hydroxyl groups is 1. The van der Waals surface area contributed by atoms with E-state index in [1.165, 1.54) is 4.57 Å². The number of halogens is 1. The van der Waals surface area contributed by atoms with Crippen molar-refractivity contribution >= 4 is 40.2 Å². The molecule has 10 heteroatoms. The minimum Gasteiger partial charge on any atom is -0.493 e. The number of thioether (sulfide) groups is 1. The molecule has 1 aromatic heterocycles. The predicted octanol–water partition coefficient (Wildman–Crippen LogP) is 2.90. The van der Waals surface area contributed by atoms with Crippen LogP contribution in [0.4, 0.5) is 0 Å². The molecule has 1 amide bonds. The van der Waals surface area contributed by atoms with Crippen LogP contribution in [0.5, 0.6) is 11.5 Å². The number of amides is 1. The number of rotatable bonds is 10. The number of carbonyl (C=O) groups excluding carboxylic acids is 1. The Kier molecular flexibility index (Phi) is 8.60. The molecule has 3 rings (SSSR count). The van der Waals surface area contributed by atoms with Crippen molar-refractivity contribution in [2.75, 3.05) is 26.5 Å². The van der Waals surface area contributed by atoms with Crippen LogP contribution in [0.1, 0.15) is 12.5 Å². The van der Waals surface area contributed by atoms with Gasteiger partial charge in [0.05, 0.1) is 43.5 Å². The summed E-state index contributed by atoms with van der Waals surface area (Å²) in [6.07, 6.45) is -0.125. The summed E-state index contributed by atoms with van der Waals surface area (Å²) in [5.74, 6) is 1.17. The highest BCUT2D eigenvalue weighted by molar-refractivity contribution is 7.99. The highest BCUT2D eigenvalue weighted by atomic mass is 35.5. The Morgan fingerprint density at radius 1 is 1.21 bits per heavy atom. The third-order valence-corrected chi connectivity index (χ3v) is 6.06. The largest absolute Gasteiger partial charge is 0.493 e. The topological polar surface area (TPSA) is 103 Å². The Balaban J connectivity index is 1.65. The van der Waals surface area contributed by atoms with Gasteiger partial charge in [0, 0.05) is 11.6 Å². The van der Waals surface area contributed by atoms with Gasteiger partial charge in [-0.05, 0) is 49.2 Å². The van der Waals surface area contributed by atoms with Crippen LogP contribution < -0.4 is 20.3 Å². The van der Waals surface area contributed by atoms with E-state index in [2.05, 4.69) is 10.3 Å². The molecule has 0 saturated carbocycles. The standard InChI is InChI=1S/C23H26ClN3O5S/c1-14(28)12-27-22(30)17-6-5-16(24)11-18(17)26-23(27)33-13-21(29)25-9-8-15-4-7-19(31-2)20(10-15)32-3/h4-7,10-11,14,28H,8-9,12-13H2,1-3H3,(H,25,29)/t14-/m0/s1. The fourth-order valence-electron chi connectivity index (χ4n) is 3.27. The summed E-state index contributed by atoms with van der Waals surface area (Å²) in [7, 11) is 3.15. The number of aliphatic hydroxyl groups excluding tert-OH is 1. The fourth-order valence-corrected chi connectivity index (χ4v) is 4.28. The second-order valence-electron chi connectivity index (χ2n) is 7.40. The summed E-state index contributed by atoms with van der Waals surface area (Å²) in [4.78, 5) is 29.8. The van der Waals surface area contributed by atoms with Gasteiger partial charge < -0.3 is 19.9 Å². The zero-order valence-corrected chi connectivity index (χ0v) is 20.2. The van der Waals surface area contributed by atoms with Gasteiger partial charge in [0.25, 0.3) is 5.56 Å². The van der Waals surface area contributed by atoms with Crippen molar-refractivity contribution < 1.29 is 19.4 Å². The number of fused-ring (bicyclic) bond motifs is 1. The third-order valence-electron chi connectivity index (χ3n) is 4.85. The third kappa shape index (κ3) is 6.40. The van der Waals surface area contributed by atoms with Crippen molar-refractivity contribution in [1.29, 1.82) is 0 Å². The van der Waals surface area contributed by atoms with Crippen molar-refractivity contribution in [2.45, 2.75) is 31.1 Å². The number of ether oxygens (including phenoxy) is 2. The summed E-state index contributed by atoms with van der Waals surface area (Å²) in [5.41, 5.74) is 1.17. The highest BCUT2D eigenvalue weighted by Crippen LogP contribution is 2.27. The first kappa shape index (κ1) is 24.9. The second kappa shape index (κ2) is 11.4. The van der Waals surface area contributed by atoms with Crippen molar-refractivity contribution in [3.63, 3.8) is 0 Å². The van der Waals surface area contributed by atoms with Gasteiger partial charge in [0.15, 0.2) is 16.7 Å². The smallest absolute Gasteiger partial charge is 0.262 e. The van der Waals surface area contributed by atoms with E-state index in [0.29, 0.717) is 45.5 Å². The normalized spacial score (nSPS) is 11.9. The molecule has 0 spiro atoms. The maximum Gasteiger partial charge on any atom is 0.262 e. The van der Waals surface area contributed by atoms with Crippen molar-refractivity contribution in [2.24, 2.45) is 0 Å². The van der Waals surface area contributed by atoms with Crippen molar-refractivity contribution in [3.8, 4) is 11.5 Å². The van der Waals surface area contributed by atoms with E-state index >= 15 is 0 Å². The first-order valence-electron chi connectivity index (χ1n) is 10.3. The summed E-state index contributed by atoms with van der Waals surface area (Å²) < 4.78 is 11.9. The van der Waals surface area contributed by atoms with Crippen LogP contribution in [0.2, 0.25) is 5.02 Å². The molecule has 0 fully saturated rings. The maximum atomic E-state index is 12.9. The van der Waals surface area contributed by atoms with E-state index in [1.54, 1.807) is 39.3 Å². The van der Waals surface area contributed by atoms with Crippen LogP contribution in [0.25, 0.3) is 10.9 Å².